The highest BCUT2D eigenvalue weighted by atomic mass is 16.5. The molecular weight excluding hydrogens is 214 g/mol. The van der Waals surface area contributed by atoms with Gasteiger partial charge in [-0.2, -0.15) is 0 Å². The third kappa shape index (κ3) is 21.2. The Bertz CT molecular complexity index is 145. The normalized spacial score (nSPS) is 9.18. The van der Waals surface area contributed by atoms with Crippen LogP contribution >= 0.6 is 0 Å². The minimum atomic E-state index is -0.309. The van der Waals surface area contributed by atoms with Crippen LogP contribution in [0.3, 0.4) is 0 Å². The molecule has 104 valence electrons. The maximum absolute atomic E-state index is 10.6. The van der Waals surface area contributed by atoms with Crippen LogP contribution in [0.2, 0.25) is 0 Å². The second-order valence-electron chi connectivity index (χ2n) is 4.06. The molecule has 0 atom stereocenters. The van der Waals surface area contributed by atoms with Crippen LogP contribution in [0.25, 0.3) is 0 Å². The highest BCUT2D eigenvalue weighted by Gasteiger charge is 1.95. The number of nitrogens with one attached hydrogen (secondary N) is 1. The van der Waals surface area contributed by atoms with Gasteiger partial charge in [0, 0.05) is 6.54 Å². The first-order valence-corrected chi connectivity index (χ1v) is 7.13. The summed E-state index contributed by atoms with van der Waals surface area (Å²) < 4.78 is 4.64. The van der Waals surface area contributed by atoms with Crippen LogP contribution in [-0.4, -0.2) is 19.2 Å². The van der Waals surface area contributed by atoms with E-state index in [-0.39, 0.29) is 6.09 Å². The Labute approximate surface area is 107 Å². The number of carbonyl (C=O) groups is 1. The molecule has 17 heavy (non-hydrogen) atoms. The molecule has 3 nitrogen and oxygen atoms in total. The van der Waals surface area contributed by atoms with Crippen LogP contribution in [0.4, 0.5) is 4.79 Å². The minimum absolute atomic E-state index is 0.309. The van der Waals surface area contributed by atoms with Gasteiger partial charge >= 0.3 is 6.09 Å². The Morgan fingerprint density at radius 2 is 1.41 bits per heavy atom. The molecule has 0 fully saturated rings. The molecule has 0 saturated heterocycles. The zero-order chi connectivity index (χ0) is 13.4. The second-order valence-corrected chi connectivity index (χ2v) is 4.06. The van der Waals surface area contributed by atoms with Gasteiger partial charge in [-0.1, -0.05) is 59.3 Å². The van der Waals surface area contributed by atoms with Gasteiger partial charge in [-0.15, -0.1) is 0 Å². The van der Waals surface area contributed by atoms with Gasteiger partial charge in [0.1, 0.15) is 0 Å². The fraction of sp³-hybridized carbons (Fsp3) is 0.929. The number of carbonyl (C=O) groups excluding carboxylic acids is 1. The molecule has 0 aliphatic carbocycles. The smallest absolute Gasteiger partial charge is 0.407 e. The molecule has 0 aromatic carbocycles. The van der Waals surface area contributed by atoms with E-state index in [4.69, 9.17) is 0 Å². The molecular formula is C14H31NO2. The zero-order valence-electron chi connectivity index (χ0n) is 12.2. The maximum Gasteiger partial charge on any atom is 0.407 e. The monoisotopic (exact) mass is 245 g/mol. The Morgan fingerprint density at radius 3 is 1.82 bits per heavy atom. The van der Waals surface area contributed by atoms with Gasteiger partial charge in [-0.3, -0.25) is 0 Å². The summed E-state index contributed by atoms with van der Waals surface area (Å²) in [6, 6.07) is 0. The fourth-order valence-electron chi connectivity index (χ4n) is 1.23. The van der Waals surface area contributed by atoms with Crippen LogP contribution in [-0.2, 0) is 4.74 Å². The molecule has 0 bridgehead atoms. The molecule has 0 rings (SSSR count). The highest BCUT2D eigenvalue weighted by Crippen LogP contribution is 2.00. The first-order chi connectivity index (χ1) is 8.22. The predicted octanol–water partition coefficient (Wildman–Crippen LogP) is 4.51. The molecule has 0 saturated carbocycles. The molecule has 0 unspecified atom stereocenters. The Kier molecular flexibility index (Phi) is 19.4. The predicted molar refractivity (Wildman–Crippen MR) is 74.4 cm³/mol. The molecule has 0 aromatic rings. The summed E-state index contributed by atoms with van der Waals surface area (Å²) in [5.74, 6) is 0. The van der Waals surface area contributed by atoms with Gasteiger partial charge in [-0.05, 0) is 13.3 Å². The summed E-state index contributed by atoms with van der Waals surface area (Å²) in [7, 11) is 0. The van der Waals surface area contributed by atoms with Crippen LogP contribution in [0.15, 0.2) is 0 Å². The van der Waals surface area contributed by atoms with E-state index in [0.717, 1.165) is 19.4 Å². The van der Waals surface area contributed by atoms with E-state index in [9.17, 15) is 4.79 Å². The average molecular weight is 245 g/mol. The highest BCUT2D eigenvalue weighted by molar-refractivity contribution is 5.66. The average Bonchev–Trinajstić information content (AvgIpc) is 2.31. The van der Waals surface area contributed by atoms with Crippen molar-refractivity contribution in [2.24, 2.45) is 0 Å². The Morgan fingerprint density at radius 1 is 0.882 bits per heavy atom. The Balaban J connectivity index is 0. The van der Waals surface area contributed by atoms with E-state index in [1.54, 1.807) is 6.92 Å². The van der Waals surface area contributed by atoms with Crippen molar-refractivity contribution in [1.29, 1.82) is 0 Å². The number of alkyl carbamates (subject to hydrolysis) is 1. The van der Waals surface area contributed by atoms with Crippen LogP contribution in [0.1, 0.15) is 72.6 Å². The van der Waals surface area contributed by atoms with E-state index in [0.29, 0.717) is 6.61 Å². The third-order valence-corrected chi connectivity index (χ3v) is 2.28. The van der Waals surface area contributed by atoms with Crippen molar-refractivity contribution in [2.45, 2.75) is 72.6 Å². The van der Waals surface area contributed by atoms with Crippen molar-refractivity contribution in [3.63, 3.8) is 0 Å². The quantitative estimate of drug-likeness (QED) is 0.639. The number of ether oxygens (including phenoxy) is 1. The molecule has 0 aliphatic rings. The van der Waals surface area contributed by atoms with Gasteiger partial charge in [0.25, 0.3) is 0 Å². The summed E-state index contributed by atoms with van der Waals surface area (Å²) in [4.78, 5) is 10.6. The topological polar surface area (TPSA) is 38.3 Å². The van der Waals surface area contributed by atoms with Crippen LogP contribution in [0, 0.1) is 0 Å². The first kappa shape index (κ1) is 18.6. The summed E-state index contributed by atoms with van der Waals surface area (Å²) in [5, 5.41) is 2.62. The summed E-state index contributed by atoms with van der Waals surface area (Å²) in [6.07, 6.45) is 8.80. The fourth-order valence-corrected chi connectivity index (χ4v) is 1.23. The Hall–Kier alpha value is -0.730. The molecule has 0 radical (unpaired) electrons. The van der Waals surface area contributed by atoms with Crippen molar-refractivity contribution >= 4 is 6.09 Å². The molecule has 0 aromatic heterocycles. The molecule has 0 aliphatic heterocycles. The maximum atomic E-state index is 10.6. The van der Waals surface area contributed by atoms with Crippen molar-refractivity contribution in [2.75, 3.05) is 13.2 Å². The largest absolute Gasteiger partial charge is 0.450 e. The van der Waals surface area contributed by atoms with Gasteiger partial charge < -0.3 is 10.1 Å². The third-order valence-electron chi connectivity index (χ3n) is 2.28. The summed E-state index contributed by atoms with van der Waals surface area (Å²) in [5.41, 5.74) is 0. The lowest BCUT2D eigenvalue weighted by Gasteiger charge is -2.02. The van der Waals surface area contributed by atoms with Gasteiger partial charge in [0.2, 0.25) is 0 Å². The number of unbranched alkanes of at least 4 members (excludes halogenated alkanes) is 5. The van der Waals surface area contributed by atoms with Crippen molar-refractivity contribution in [1.82, 2.24) is 5.32 Å². The summed E-state index contributed by atoms with van der Waals surface area (Å²) >= 11 is 0. The lowest BCUT2D eigenvalue weighted by molar-refractivity contribution is 0.152. The number of hydrogen-bond acceptors (Lipinski definition) is 2. The number of hydrogen-bond donors (Lipinski definition) is 1. The van der Waals surface area contributed by atoms with Crippen molar-refractivity contribution < 1.29 is 9.53 Å². The molecule has 1 amide bonds. The van der Waals surface area contributed by atoms with Gasteiger partial charge in [0.15, 0.2) is 0 Å². The number of amides is 1. The standard InChI is InChI=1S/C7H15NO2.C7H16/c1-3-5-6-8-7(9)10-4-2;1-3-5-7-6-4-2/h3-6H2,1-2H3,(H,8,9);3-7H2,1-2H3. The zero-order valence-corrected chi connectivity index (χ0v) is 12.2. The van der Waals surface area contributed by atoms with Crippen molar-refractivity contribution in [3.05, 3.63) is 0 Å². The van der Waals surface area contributed by atoms with Crippen molar-refractivity contribution in [3.8, 4) is 0 Å². The lowest BCUT2D eigenvalue weighted by atomic mass is 10.2. The molecule has 0 heterocycles. The SMILES string of the molecule is CCCCCCC.CCCCNC(=O)OCC. The van der Waals surface area contributed by atoms with Gasteiger partial charge in [-0.25, -0.2) is 4.79 Å². The van der Waals surface area contributed by atoms with E-state index in [1.807, 2.05) is 0 Å². The van der Waals surface area contributed by atoms with E-state index >= 15 is 0 Å². The lowest BCUT2D eigenvalue weighted by Crippen LogP contribution is -2.24. The van der Waals surface area contributed by atoms with E-state index in [1.165, 1.54) is 32.1 Å². The van der Waals surface area contributed by atoms with E-state index in [2.05, 4.69) is 30.8 Å². The minimum Gasteiger partial charge on any atom is -0.450 e. The molecule has 0 spiro atoms. The molecule has 1 N–H and O–H groups in total. The van der Waals surface area contributed by atoms with Gasteiger partial charge in [0.05, 0.1) is 6.61 Å². The van der Waals surface area contributed by atoms with E-state index < -0.39 is 0 Å². The second kappa shape index (κ2) is 17.7. The number of rotatable bonds is 8. The molecule has 3 heteroatoms. The summed E-state index contributed by atoms with van der Waals surface area (Å²) in [6.45, 7) is 9.52. The van der Waals surface area contributed by atoms with Crippen LogP contribution < -0.4 is 5.32 Å². The van der Waals surface area contributed by atoms with Crippen LogP contribution in [0.5, 0.6) is 0 Å². The first-order valence-electron chi connectivity index (χ1n) is 7.13.